The summed E-state index contributed by atoms with van der Waals surface area (Å²) in [7, 11) is 2.02. The minimum absolute atomic E-state index is 0.246. The zero-order chi connectivity index (χ0) is 26.2. The van der Waals surface area contributed by atoms with Crippen molar-refractivity contribution in [3.8, 4) is 34.0 Å². The van der Waals surface area contributed by atoms with Crippen LogP contribution in [0.1, 0.15) is 11.3 Å². The van der Waals surface area contributed by atoms with Crippen molar-refractivity contribution < 1.29 is 9.53 Å². The molecule has 0 aliphatic carbocycles. The molecule has 0 saturated heterocycles. The fourth-order valence-corrected chi connectivity index (χ4v) is 4.99. The lowest BCUT2D eigenvalue weighted by Gasteiger charge is -2.18. The largest absolute Gasteiger partial charge is 0.439 e. The lowest BCUT2D eigenvalue weighted by molar-refractivity contribution is -0.111. The Labute approximate surface area is 220 Å². The predicted octanol–water partition coefficient (Wildman–Crippen LogP) is 5.89. The topological polar surface area (TPSA) is 94.0 Å². The summed E-state index contributed by atoms with van der Waals surface area (Å²) in [5.74, 6) is 1.88. The molecule has 0 fully saturated rings. The van der Waals surface area contributed by atoms with Gasteiger partial charge in [-0.1, -0.05) is 30.8 Å². The molecule has 0 atom stereocenters. The monoisotopic (exact) mass is 502 g/mol. The number of amides is 1. The average molecular weight is 503 g/mol. The summed E-state index contributed by atoms with van der Waals surface area (Å²) in [6.07, 6.45) is 3.64. The van der Waals surface area contributed by atoms with Crippen molar-refractivity contribution in [3.63, 3.8) is 0 Å². The van der Waals surface area contributed by atoms with Gasteiger partial charge in [-0.2, -0.15) is 0 Å². The SMILES string of the molecule is C=CC(=O)Nc1ccc(-c2c3c4c(ncnc4n2C)NCCc2cc(Oc4cccc(C)n4)ccc2-3)cc1. The molecule has 1 aliphatic rings. The zero-order valence-electron chi connectivity index (χ0n) is 21.2. The van der Waals surface area contributed by atoms with E-state index in [1.54, 1.807) is 6.33 Å². The highest BCUT2D eigenvalue weighted by Gasteiger charge is 2.25. The summed E-state index contributed by atoms with van der Waals surface area (Å²) in [6.45, 7) is 6.19. The average Bonchev–Trinajstić information content (AvgIpc) is 3.21. The van der Waals surface area contributed by atoms with Gasteiger partial charge in [-0.25, -0.2) is 15.0 Å². The number of hydrogen-bond acceptors (Lipinski definition) is 6. The Balaban J connectivity index is 1.50. The van der Waals surface area contributed by atoms with Crippen LogP contribution >= 0.6 is 0 Å². The Bertz CT molecular complexity index is 1700. The van der Waals surface area contributed by atoms with E-state index in [0.717, 1.165) is 69.2 Å². The van der Waals surface area contributed by atoms with Crippen LogP contribution in [-0.4, -0.2) is 32.0 Å². The number of fused-ring (bicyclic) bond motifs is 2. The number of anilines is 2. The molecule has 0 radical (unpaired) electrons. The van der Waals surface area contributed by atoms with Gasteiger partial charge < -0.3 is 19.9 Å². The molecule has 8 nitrogen and oxygen atoms in total. The van der Waals surface area contributed by atoms with Gasteiger partial charge >= 0.3 is 0 Å². The number of aryl methyl sites for hydroxylation is 2. The first-order valence-electron chi connectivity index (χ1n) is 12.4. The molecule has 0 bridgehead atoms. The van der Waals surface area contributed by atoms with Crippen LogP contribution in [0.25, 0.3) is 33.4 Å². The van der Waals surface area contributed by atoms with Crippen molar-refractivity contribution in [1.82, 2.24) is 19.5 Å². The van der Waals surface area contributed by atoms with Crippen LogP contribution in [0.15, 0.2) is 79.6 Å². The van der Waals surface area contributed by atoms with Crippen molar-refractivity contribution in [2.75, 3.05) is 17.2 Å². The summed E-state index contributed by atoms with van der Waals surface area (Å²) >= 11 is 0. The first-order chi connectivity index (χ1) is 18.5. The summed E-state index contributed by atoms with van der Waals surface area (Å²) in [5, 5.41) is 7.29. The number of pyridine rings is 1. The van der Waals surface area contributed by atoms with Gasteiger partial charge in [0.05, 0.1) is 11.1 Å². The number of rotatable bonds is 5. The molecule has 0 saturated carbocycles. The smallest absolute Gasteiger partial charge is 0.247 e. The molecular weight excluding hydrogens is 476 g/mol. The van der Waals surface area contributed by atoms with Crippen LogP contribution in [0.3, 0.4) is 0 Å². The van der Waals surface area contributed by atoms with Crippen LogP contribution in [0, 0.1) is 6.92 Å². The fourth-order valence-electron chi connectivity index (χ4n) is 4.99. The van der Waals surface area contributed by atoms with Crippen molar-refractivity contribution >= 4 is 28.4 Å². The molecule has 188 valence electrons. The highest BCUT2D eigenvalue weighted by atomic mass is 16.5. The third-order valence-corrected chi connectivity index (χ3v) is 6.70. The van der Waals surface area contributed by atoms with Gasteiger partial charge in [0, 0.05) is 36.6 Å². The summed E-state index contributed by atoms with van der Waals surface area (Å²) < 4.78 is 8.21. The van der Waals surface area contributed by atoms with Gasteiger partial charge in [0.1, 0.15) is 23.5 Å². The van der Waals surface area contributed by atoms with E-state index >= 15 is 0 Å². The van der Waals surface area contributed by atoms with Crippen molar-refractivity contribution in [1.29, 1.82) is 0 Å². The van der Waals surface area contributed by atoms with Crippen LogP contribution < -0.4 is 15.4 Å². The number of nitrogens with zero attached hydrogens (tertiary/aromatic N) is 4. The number of carbonyl (C=O) groups is 1. The quantitative estimate of drug-likeness (QED) is 0.291. The lowest BCUT2D eigenvalue weighted by Crippen LogP contribution is -2.10. The second kappa shape index (κ2) is 9.48. The second-order valence-corrected chi connectivity index (χ2v) is 9.19. The van der Waals surface area contributed by atoms with E-state index in [0.29, 0.717) is 11.6 Å². The molecule has 8 heteroatoms. The van der Waals surface area contributed by atoms with Crippen molar-refractivity contribution in [2.45, 2.75) is 13.3 Å². The number of nitrogens with one attached hydrogen (secondary N) is 2. The zero-order valence-corrected chi connectivity index (χ0v) is 21.2. The Morgan fingerprint density at radius 1 is 1.13 bits per heavy atom. The lowest BCUT2D eigenvalue weighted by atomic mass is 9.92. The first kappa shape index (κ1) is 23.4. The maximum absolute atomic E-state index is 11.8. The number of carbonyl (C=O) groups excluding carboxylic acids is 1. The minimum Gasteiger partial charge on any atom is -0.439 e. The predicted molar refractivity (Wildman–Crippen MR) is 149 cm³/mol. The normalized spacial score (nSPS) is 12.2. The first-order valence-corrected chi connectivity index (χ1v) is 12.4. The summed E-state index contributed by atoms with van der Waals surface area (Å²) in [5.41, 5.74) is 7.78. The van der Waals surface area contributed by atoms with Crippen molar-refractivity contribution in [2.24, 2.45) is 7.05 Å². The fraction of sp³-hybridized carbons (Fsp3) is 0.133. The summed E-state index contributed by atoms with van der Waals surface area (Å²) in [6, 6.07) is 19.7. The van der Waals surface area contributed by atoms with Gasteiger partial charge in [0.25, 0.3) is 0 Å². The van der Waals surface area contributed by atoms with Crippen LogP contribution in [-0.2, 0) is 18.3 Å². The molecule has 2 aromatic carbocycles. The Hall–Kier alpha value is -4.98. The number of hydrogen-bond donors (Lipinski definition) is 2. The number of ether oxygens (including phenoxy) is 1. The summed E-state index contributed by atoms with van der Waals surface area (Å²) in [4.78, 5) is 25.4. The van der Waals surface area contributed by atoms with Gasteiger partial charge in [0.2, 0.25) is 11.8 Å². The minimum atomic E-state index is -0.246. The molecule has 3 aromatic heterocycles. The maximum atomic E-state index is 11.8. The highest BCUT2D eigenvalue weighted by molar-refractivity contribution is 6.09. The molecule has 1 amide bonds. The molecule has 0 unspecified atom stereocenters. The van der Waals surface area contributed by atoms with E-state index in [1.165, 1.54) is 6.08 Å². The number of benzene rings is 2. The third kappa shape index (κ3) is 4.16. The third-order valence-electron chi connectivity index (χ3n) is 6.70. The Morgan fingerprint density at radius 2 is 1.97 bits per heavy atom. The molecule has 38 heavy (non-hydrogen) atoms. The van der Waals surface area contributed by atoms with E-state index in [9.17, 15) is 4.79 Å². The highest BCUT2D eigenvalue weighted by Crippen LogP contribution is 2.45. The van der Waals surface area contributed by atoms with E-state index in [2.05, 4.69) is 48.9 Å². The van der Waals surface area contributed by atoms with Gasteiger partial charge in [-0.05, 0) is 66.4 Å². The Kier molecular flexibility index (Phi) is 5.84. The van der Waals surface area contributed by atoms with E-state index in [1.807, 2.05) is 62.5 Å². The number of aromatic nitrogens is 4. The molecule has 5 aromatic rings. The molecule has 2 N–H and O–H groups in total. The molecule has 1 aliphatic heterocycles. The van der Waals surface area contributed by atoms with Gasteiger partial charge in [-0.3, -0.25) is 4.79 Å². The van der Waals surface area contributed by atoms with E-state index in [4.69, 9.17) is 4.74 Å². The van der Waals surface area contributed by atoms with Crippen LogP contribution in [0.2, 0.25) is 0 Å². The van der Waals surface area contributed by atoms with E-state index in [-0.39, 0.29) is 5.91 Å². The molecular formula is C30H26N6O2. The standard InChI is InChI=1S/C30H26N6O2/c1-4-24(37)35-21-10-8-19(9-11-21)28-26-23-13-12-22(38-25-7-5-6-18(2)34-25)16-20(23)14-15-31-29-27(26)30(36(28)3)33-17-32-29/h4-13,16-17H,1,14-15H2,2-3H3,(H,35,37)(H,31,32,33). The second-order valence-electron chi connectivity index (χ2n) is 9.19. The van der Waals surface area contributed by atoms with Gasteiger partial charge in [-0.15, -0.1) is 0 Å². The van der Waals surface area contributed by atoms with E-state index < -0.39 is 0 Å². The molecule has 0 spiro atoms. The molecule has 4 heterocycles. The van der Waals surface area contributed by atoms with Crippen molar-refractivity contribution in [3.05, 3.63) is 90.9 Å². The van der Waals surface area contributed by atoms with Gasteiger partial charge in [0.15, 0.2) is 0 Å². The van der Waals surface area contributed by atoms with Crippen LogP contribution in [0.5, 0.6) is 11.6 Å². The Morgan fingerprint density at radius 3 is 2.76 bits per heavy atom. The van der Waals surface area contributed by atoms with Crippen LogP contribution in [0.4, 0.5) is 11.5 Å². The molecule has 6 rings (SSSR count). The maximum Gasteiger partial charge on any atom is 0.247 e.